The normalized spacial score (nSPS) is 17.5. The molecule has 2 aromatic rings. The molecule has 1 heterocycles. The molecule has 0 aliphatic carbocycles. The molecule has 18 heavy (non-hydrogen) atoms. The minimum atomic E-state index is -0.160. The Morgan fingerprint density at radius 3 is 1.72 bits per heavy atom. The van der Waals surface area contributed by atoms with Crippen LogP contribution in [0.1, 0.15) is 30.9 Å². The minimum Gasteiger partial charge on any atom is -0.278 e. The first-order valence-corrected chi connectivity index (χ1v) is 6.48. The molecule has 0 aromatic heterocycles. The predicted molar refractivity (Wildman–Crippen MR) is 76.0 cm³/mol. The van der Waals surface area contributed by atoms with Gasteiger partial charge in [-0.15, -0.1) is 0 Å². The van der Waals surface area contributed by atoms with Crippen molar-refractivity contribution in [3.8, 4) is 0 Å². The van der Waals surface area contributed by atoms with E-state index in [2.05, 4.69) is 67.6 Å². The number of nitrogens with zero attached hydrogens (tertiary/aromatic N) is 1. The molecule has 1 aliphatic heterocycles. The molecule has 0 N–H and O–H groups in total. The monoisotopic (exact) mass is 235 g/mol. The van der Waals surface area contributed by atoms with Crippen LogP contribution in [-0.2, 0) is 5.54 Å². The molecular formula is C17H17N. The third kappa shape index (κ3) is 1.76. The van der Waals surface area contributed by atoms with Crippen LogP contribution in [0.3, 0.4) is 0 Å². The summed E-state index contributed by atoms with van der Waals surface area (Å²) in [6.45, 7) is 2.13. The number of benzene rings is 2. The molecule has 0 unspecified atom stereocenters. The van der Waals surface area contributed by atoms with Crippen molar-refractivity contribution in [2.45, 2.75) is 25.3 Å². The summed E-state index contributed by atoms with van der Waals surface area (Å²) >= 11 is 0. The average molecular weight is 235 g/mol. The van der Waals surface area contributed by atoms with Gasteiger partial charge in [0.2, 0.25) is 0 Å². The van der Waals surface area contributed by atoms with Gasteiger partial charge in [-0.05, 0) is 30.9 Å². The summed E-state index contributed by atoms with van der Waals surface area (Å²) in [5.74, 6) is 0. The van der Waals surface area contributed by atoms with Crippen molar-refractivity contribution in [1.29, 1.82) is 0 Å². The lowest BCUT2D eigenvalue weighted by molar-refractivity contribution is 0.541. The molecule has 0 spiro atoms. The van der Waals surface area contributed by atoms with Crippen LogP contribution in [0.25, 0.3) is 0 Å². The molecule has 1 aliphatic rings. The predicted octanol–water partition coefficient (Wildman–Crippen LogP) is 4.18. The fourth-order valence-electron chi connectivity index (χ4n) is 2.81. The zero-order valence-corrected chi connectivity index (χ0v) is 10.6. The van der Waals surface area contributed by atoms with Gasteiger partial charge in [-0.2, -0.15) is 0 Å². The van der Waals surface area contributed by atoms with E-state index in [4.69, 9.17) is 4.99 Å². The lowest BCUT2D eigenvalue weighted by Gasteiger charge is -2.27. The number of hydrogen-bond donors (Lipinski definition) is 0. The minimum absolute atomic E-state index is 0.160. The summed E-state index contributed by atoms with van der Waals surface area (Å²) in [7, 11) is 0. The first-order chi connectivity index (χ1) is 8.81. The summed E-state index contributed by atoms with van der Waals surface area (Å²) in [4.78, 5) is 4.98. The van der Waals surface area contributed by atoms with E-state index in [9.17, 15) is 0 Å². The SMILES string of the molecule is CC1=NC(c2ccccc2)(c2ccccc2)CC1. The Morgan fingerprint density at radius 1 is 0.833 bits per heavy atom. The van der Waals surface area contributed by atoms with Gasteiger partial charge in [-0.3, -0.25) is 4.99 Å². The summed E-state index contributed by atoms with van der Waals surface area (Å²) in [6.07, 6.45) is 2.16. The number of aliphatic imine (C=N–C) groups is 1. The molecule has 0 fully saturated rings. The number of rotatable bonds is 2. The second kappa shape index (κ2) is 4.41. The molecule has 0 amide bonds. The number of hydrogen-bond acceptors (Lipinski definition) is 1. The van der Waals surface area contributed by atoms with Crippen molar-refractivity contribution in [2.75, 3.05) is 0 Å². The van der Waals surface area contributed by atoms with Gasteiger partial charge in [0.25, 0.3) is 0 Å². The van der Waals surface area contributed by atoms with Crippen LogP contribution in [0.5, 0.6) is 0 Å². The second-order valence-corrected chi connectivity index (χ2v) is 4.94. The third-order valence-electron chi connectivity index (χ3n) is 3.73. The van der Waals surface area contributed by atoms with Crippen LogP contribution in [0.15, 0.2) is 65.7 Å². The van der Waals surface area contributed by atoms with Gasteiger partial charge in [-0.1, -0.05) is 60.7 Å². The molecule has 90 valence electrons. The van der Waals surface area contributed by atoms with Crippen LogP contribution < -0.4 is 0 Å². The van der Waals surface area contributed by atoms with Gasteiger partial charge in [0, 0.05) is 5.71 Å². The van der Waals surface area contributed by atoms with E-state index < -0.39 is 0 Å². The van der Waals surface area contributed by atoms with Crippen molar-refractivity contribution in [1.82, 2.24) is 0 Å². The lowest BCUT2D eigenvalue weighted by atomic mass is 9.81. The van der Waals surface area contributed by atoms with Crippen LogP contribution in [-0.4, -0.2) is 5.71 Å². The largest absolute Gasteiger partial charge is 0.278 e. The molecule has 0 atom stereocenters. The van der Waals surface area contributed by atoms with E-state index in [1.54, 1.807) is 0 Å². The zero-order chi connectivity index (χ0) is 12.4. The topological polar surface area (TPSA) is 12.4 Å². The van der Waals surface area contributed by atoms with Crippen molar-refractivity contribution in [2.24, 2.45) is 4.99 Å². The van der Waals surface area contributed by atoms with Crippen LogP contribution in [0.4, 0.5) is 0 Å². The summed E-state index contributed by atoms with van der Waals surface area (Å²) in [6, 6.07) is 21.3. The Balaban J connectivity index is 2.18. The van der Waals surface area contributed by atoms with Crippen LogP contribution in [0, 0.1) is 0 Å². The molecule has 2 aromatic carbocycles. The van der Waals surface area contributed by atoms with Gasteiger partial charge in [-0.25, -0.2) is 0 Å². The maximum absolute atomic E-state index is 4.98. The van der Waals surface area contributed by atoms with E-state index in [0.717, 1.165) is 12.8 Å². The quantitative estimate of drug-likeness (QED) is 0.740. The summed E-state index contributed by atoms with van der Waals surface area (Å²) in [5, 5.41) is 0. The summed E-state index contributed by atoms with van der Waals surface area (Å²) < 4.78 is 0. The Labute approximate surface area is 108 Å². The lowest BCUT2D eigenvalue weighted by Crippen LogP contribution is -2.22. The van der Waals surface area contributed by atoms with Crippen LogP contribution >= 0.6 is 0 Å². The molecule has 1 nitrogen and oxygen atoms in total. The Kier molecular flexibility index (Phi) is 2.75. The smallest absolute Gasteiger partial charge is 0.111 e. The molecule has 0 radical (unpaired) electrons. The van der Waals surface area contributed by atoms with Crippen LogP contribution in [0.2, 0.25) is 0 Å². The fraction of sp³-hybridized carbons (Fsp3) is 0.235. The third-order valence-corrected chi connectivity index (χ3v) is 3.73. The zero-order valence-electron chi connectivity index (χ0n) is 10.6. The van der Waals surface area contributed by atoms with Gasteiger partial charge in [0.1, 0.15) is 5.54 Å². The van der Waals surface area contributed by atoms with Gasteiger partial charge in [0.15, 0.2) is 0 Å². The molecule has 0 saturated heterocycles. The van der Waals surface area contributed by atoms with Gasteiger partial charge >= 0.3 is 0 Å². The van der Waals surface area contributed by atoms with E-state index in [-0.39, 0.29) is 5.54 Å². The van der Waals surface area contributed by atoms with Crippen molar-refractivity contribution in [3.63, 3.8) is 0 Å². The van der Waals surface area contributed by atoms with Crippen molar-refractivity contribution >= 4 is 5.71 Å². The summed E-state index contributed by atoms with van der Waals surface area (Å²) in [5.41, 5.74) is 3.69. The highest BCUT2D eigenvalue weighted by Gasteiger charge is 2.36. The second-order valence-electron chi connectivity index (χ2n) is 4.94. The molecular weight excluding hydrogens is 218 g/mol. The van der Waals surface area contributed by atoms with Crippen molar-refractivity contribution in [3.05, 3.63) is 71.8 Å². The van der Waals surface area contributed by atoms with Gasteiger partial charge < -0.3 is 0 Å². The van der Waals surface area contributed by atoms with E-state index in [0.29, 0.717) is 0 Å². The van der Waals surface area contributed by atoms with Gasteiger partial charge in [0.05, 0.1) is 0 Å². The highest BCUT2D eigenvalue weighted by atomic mass is 14.9. The maximum Gasteiger partial charge on any atom is 0.111 e. The van der Waals surface area contributed by atoms with E-state index in [1.165, 1.54) is 16.8 Å². The first kappa shape index (κ1) is 11.2. The Bertz CT molecular complexity index is 515. The highest BCUT2D eigenvalue weighted by Crippen LogP contribution is 2.42. The highest BCUT2D eigenvalue weighted by molar-refractivity contribution is 5.85. The molecule has 0 bridgehead atoms. The van der Waals surface area contributed by atoms with E-state index in [1.807, 2.05) is 0 Å². The fourth-order valence-corrected chi connectivity index (χ4v) is 2.81. The maximum atomic E-state index is 4.98. The molecule has 0 saturated carbocycles. The first-order valence-electron chi connectivity index (χ1n) is 6.48. The standard InChI is InChI=1S/C17H17N/c1-14-12-13-17(18-14,15-8-4-2-5-9-15)16-10-6-3-7-11-16/h2-11H,12-13H2,1H3. The Hall–Kier alpha value is -1.89. The van der Waals surface area contributed by atoms with Crippen molar-refractivity contribution < 1.29 is 0 Å². The van der Waals surface area contributed by atoms with E-state index >= 15 is 0 Å². The Morgan fingerprint density at radius 2 is 1.33 bits per heavy atom. The molecule has 1 heteroatoms. The average Bonchev–Trinajstić information content (AvgIpc) is 2.84. The molecule has 3 rings (SSSR count).